The lowest BCUT2D eigenvalue weighted by atomic mass is 10.0. The number of alkyl halides is 5. The van der Waals surface area contributed by atoms with Crippen LogP contribution >= 0.6 is 0 Å². The number of hydrogen-bond donors (Lipinski definition) is 0. The number of benzene rings is 2. The molecule has 0 radical (unpaired) electrons. The zero-order valence-corrected chi connectivity index (χ0v) is 10.3. The lowest BCUT2D eigenvalue weighted by Gasteiger charge is -2.10. The third kappa shape index (κ3) is 3.68. The van der Waals surface area contributed by atoms with Crippen molar-refractivity contribution in [2.45, 2.75) is 12.8 Å². The zero-order chi connectivity index (χ0) is 15.6. The minimum absolute atomic E-state index is 0.265. The summed E-state index contributed by atoms with van der Waals surface area (Å²) in [6, 6.07) is 7.22. The molecule has 7 heteroatoms. The first kappa shape index (κ1) is 15.2. The van der Waals surface area contributed by atoms with E-state index in [0.29, 0.717) is 5.56 Å². The summed E-state index contributed by atoms with van der Waals surface area (Å²) in [6.07, 6.45) is -4.47. The van der Waals surface area contributed by atoms with E-state index >= 15 is 0 Å². The monoisotopic (exact) mass is 306 g/mol. The molecule has 0 bridgehead atoms. The number of halogens is 6. The van der Waals surface area contributed by atoms with Crippen LogP contribution in [-0.2, 0) is 6.18 Å². The molecule has 0 N–H and O–H groups in total. The van der Waals surface area contributed by atoms with E-state index in [1.54, 1.807) is 0 Å². The number of hydrogen-bond acceptors (Lipinski definition) is 1. The molecule has 0 aliphatic carbocycles. The van der Waals surface area contributed by atoms with Gasteiger partial charge in [0.1, 0.15) is 0 Å². The average Bonchev–Trinajstić information content (AvgIpc) is 2.40. The van der Waals surface area contributed by atoms with Gasteiger partial charge in [-0.05, 0) is 35.4 Å². The molecule has 2 rings (SSSR count). The quantitative estimate of drug-likeness (QED) is 0.716. The van der Waals surface area contributed by atoms with Crippen LogP contribution in [0.4, 0.5) is 26.3 Å². The molecule has 0 saturated heterocycles. The van der Waals surface area contributed by atoms with Gasteiger partial charge in [0.25, 0.3) is 0 Å². The van der Waals surface area contributed by atoms with E-state index in [0.717, 1.165) is 24.3 Å². The third-order valence-electron chi connectivity index (χ3n) is 2.69. The van der Waals surface area contributed by atoms with Gasteiger partial charge in [-0.1, -0.05) is 18.2 Å². The average molecular weight is 306 g/mol. The summed E-state index contributed by atoms with van der Waals surface area (Å²) < 4.78 is 78.8. The number of ether oxygens (including phenoxy) is 1. The van der Waals surface area contributed by atoms with Crippen molar-refractivity contribution in [2.24, 2.45) is 0 Å². The Kier molecular flexibility index (Phi) is 4.11. The van der Waals surface area contributed by atoms with Gasteiger partial charge in [-0.2, -0.15) is 22.0 Å². The van der Waals surface area contributed by atoms with Gasteiger partial charge in [-0.15, -0.1) is 0 Å². The van der Waals surface area contributed by atoms with Gasteiger partial charge in [0.15, 0.2) is 11.6 Å². The van der Waals surface area contributed by atoms with Crippen molar-refractivity contribution in [1.29, 1.82) is 0 Å². The fourth-order valence-corrected chi connectivity index (χ4v) is 1.72. The van der Waals surface area contributed by atoms with Crippen LogP contribution in [0.1, 0.15) is 5.56 Å². The van der Waals surface area contributed by atoms with E-state index in [4.69, 9.17) is 0 Å². The molecule has 0 spiro atoms. The van der Waals surface area contributed by atoms with Crippen molar-refractivity contribution < 1.29 is 31.1 Å². The summed E-state index contributed by atoms with van der Waals surface area (Å²) in [5, 5.41) is 0. The Balaban J connectivity index is 2.34. The summed E-state index contributed by atoms with van der Waals surface area (Å²) in [5.41, 5.74) is -0.250. The lowest BCUT2D eigenvalue weighted by Crippen LogP contribution is -2.04. The molecule has 0 saturated carbocycles. The highest BCUT2D eigenvalue weighted by atomic mass is 19.4. The summed E-state index contributed by atoms with van der Waals surface area (Å²) in [6.45, 7) is -3.19. The first-order chi connectivity index (χ1) is 9.77. The Bertz CT molecular complexity index is 618. The Hall–Kier alpha value is -2.18. The molecule has 0 heterocycles. The summed E-state index contributed by atoms with van der Waals surface area (Å²) in [4.78, 5) is 0. The fourth-order valence-electron chi connectivity index (χ4n) is 1.72. The molecular formula is C14H8F6O. The first-order valence-electron chi connectivity index (χ1n) is 5.69. The van der Waals surface area contributed by atoms with E-state index in [-0.39, 0.29) is 5.56 Å². The van der Waals surface area contributed by atoms with Crippen molar-refractivity contribution in [3.8, 4) is 16.9 Å². The maximum absolute atomic E-state index is 13.3. The third-order valence-corrected chi connectivity index (χ3v) is 2.69. The van der Waals surface area contributed by atoms with E-state index in [9.17, 15) is 26.3 Å². The van der Waals surface area contributed by atoms with E-state index in [1.807, 2.05) is 0 Å². The van der Waals surface area contributed by atoms with Crippen LogP contribution < -0.4 is 4.74 Å². The molecule has 0 amide bonds. The Morgan fingerprint density at radius 2 is 1.43 bits per heavy atom. The second kappa shape index (κ2) is 5.67. The number of rotatable bonds is 3. The van der Waals surface area contributed by atoms with Crippen molar-refractivity contribution in [3.63, 3.8) is 0 Å². The highest BCUT2D eigenvalue weighted by Crippen LogP contribution is 2.32. The summed E-state index contributed by atoms with van der Waals surface area (Å²) in [7, 11) is 0. The molecule has 0 unspecified atom stereocenters. The maximum atomic E-state index is 13.3. The van der Waals surface area contributed by atoms with Gasteiger partial charge in [0.2, 0.25) is 0 Å². The predicted molar refractivity (Wildman–Crippen MR) is 63.5 cm³/mol. The van der Waals surface area contributed by atoms with Crippen molar-refractivity contribution in [3.05, 3.63) is 53.8 Å². The van der Waals surface area contributed by atoms with Gasteiger partial charge < -0.3 is 4.74 Å². The smallest absolute Gasteiger partial charge is 0.416 e. The van der Waals surface area contributed by atoms with Crippen molar-refractivity contribution in [1.82, 2.24) is 0 Å². The van der Waals surface area contributed by atoms with Crippen LogP contribution in [0.25, 0.3) is 11.1 Å². The second-order valence-corrected chi connectivity index (χ2v) is 4.10. The van der Waals surface area contributed by atoms with Gasteiger partial charge in [-0.3, -0.25) is 0 Å². The summed E-state index contributed by atoms with van der Waals surface area (Å²) in [5.74, 6) is -1.65. The predicted octanol–water partition coefficient (Wildman–Crippen LogP) is 5.11. The molecule has 0 aliphatic heterocycles. The van der Waals surface area contributed by atoms with Crippen LogP contribution in [0.2, 0.25) is 0 Å². The topological polar surface area (TPSA) is 9.23 Å². The van der Waals surface area contributed by atoms with Crippen LogP contribution in [0, 0.1) is 5.82 Å². The molecule has 2 aromatic rings. The van der Waals surface area contributed by atoms with Gasteiger partial charge in [0.05, 0.1) is 5.56 Å². The van der Waals surface area contributed by atoms with Crippen molar-refractivity contribution in [2.75, 3.05) is 0 Å². The normalized spacial score (nSPS) is 11.8. The molecule has 0 fully saturated rings. The fraction of sp³-hybridized carbons (Fsp3) is 0.143. The minimum atomic E-state index is -4.47. The van der Waals surface area contributed by atoms with Crippen molar-refractivity contribution >= 4 is 0 Å². The first-order valence-corrected chi connectivity index (χ1v) is 5.69. The van der Waals surface area contributed by atoms with E-state index in [2.05, 4.69) is 4.74 Å². The molecule has 0 aliphatic rings. The molecule has 112 valence electrons. The lowest BCUT2D eigenvalue weighted by molar-refractivity contribution is -0.137. The standard InChI is InChI=1S/C14H8F6O/c15-11-6-3-9(7-12(11)21-13(16)17)8-1-4-10(5-2-8)14(18,19)20/h1-7,13H. The molecular weight excluding hydrogens is 298 g/mol. The summed E-state index contributed by atoms with van der Waals surface area (Å²) >= 11 is 0. The van der Waals surface area contributed by atoms with Gasteiger partial charge in [0, 0.05) is 0 Å². The largest absolute Gasteiger partial charge is 0.432 e. The molecule has 21 heavy (non-hydrogen) atoms. The maximum Gasteiger partial charge on any atom is 0.416 e. The second-order valence-electron chi connectivity index (χ2n) is 4.10. The Labute approximate surface area is 115 Å². The van der Waals surface area contributed by atoms with E-state index < -0.39 is 29.9 Å². The molecule has 2 aromatic carbocycles. The molecule has 0 aromatic heterocycles. The highest BCUT2D eigenvalue weighted by molar-refractivity contribution is 5.65. The van der Waals surface area contributed by atoms with Crippen LogP contribution in [0.3, 0.4) is 0 Å². The van der Waals surface area contributed by atoms with Crippen LogP contribution in [0.15, 0.2) is 42.5 Å². The SMILES string of the molecule is Fc1ccc(-c2ccc(C(F)(F)F)cc2)cc1OC(F)F. The van der Waals surface area contributed by atoms with Gasteiger partial charge in [-0.25, -0.2) is 4.39 Å². The van der Waals surface area contributed by atoms with Crippen LogP contribution in [0.5, 0.6) is 5.75 Å². The highest BCUT2D eigenvalue weighted by Gasteiger charge is 2.30. The Morgan fingerprint density at radius 1 is 0.857 bits per heavy atom. The van der Waals surface area contributed by atoms with Gasteiger partial charge >= 0.3 is 12.8 Å². The van der Waals surface area contributed by atoms with Crippen LogP contribution in [-0.4, -0.2) is 6.61 Å². The molecule has 1 nitrogen and oxygen atoms in total. The van der Waals surface area contributed by atoms with E-state index in [1.165, 1.54) is 18.2 Å². The zero-order valence-electron chi connectivity index (χ0n) is 10.3. The molecule has 0 atom stereocenters. The minimum Gasteiger partial charge on any atom is -0.432 e. The Morgan fingerprint density at radius 3 is 1.95 bits per heavy atom.